The Balaban J connectivity index is 1.97. The molecule has 0 aliphatic carbocycles. The highest BCUT2D eigenvalue weighted by Crippen LogP contribution is 2.33. The summed E-state index contributed by atoms with van der Waals surface area (Å²) in [6, 6.07) is 10.4. The summed E-state index contributed by atoms with van der Waals surface area (Å²) in [5.41, 5.74) is 1.92. The summed E-state index contributed by atoms with van der Waals surface area (Å²) in [5, 5.41) is 5.45. The molecule has 150 valence electrons. The zero-order chi connectivity index (χ0) is 20.5. The zero-order valence-electron chi connectivity index (χ0n) is 16.0. The van der Waals surface area contributed by atoms with Crippen molar-refractivity contribution >= 4 is 33.6 Å². The minimum atomic E-state index is -0.557. The Morgan fingerprint density at radius 2 is 1.79 bits per heavy atom. The minimum Gasteiger partial charge on any atom is -0.493 e. The molecule has 2 amide bonds. The number of nitrogens with one attached hydrogen (secondary N) is 2. The van der Waals surface area contributed by atoms with Gasteiger partial charge in [-0.05, 0) is 49.2 Å². The molecule has 0 atom stereocenters. The van der Waals surface area contributed by atoms with Crippen LogP contribution in [0.4, 0.5) is 10.5 Å². The molecular weight excluding hydrogens is 428 g/mol. The van der Waals surface area contributed by atoms with Crippen LogP contribution in [0.15, 0.2) is 40.9 Å². The quantitative estimate of drug-likeness (QED) is 0.634. The number of hydrogen-bond acceptors (Lipinski definition) is 5. The van der Waals surface area contributed by atoms with Gasteiger partial charge in [0.1, 0.15) is 0 Å². The molecule has 8 heteroatoms. The van der Waals surface area contributed by atoms with Crippen LogP contribution in [-0.2, 0) is 11.2 Å². The van der Waals surface area contributed by atoms with Gasteiger partial charge < -0.3 is 19.5 Å². The number of hydrogen-bond donors (Lipinski definition) is 2. The van der Waals surface area contributed by atoms with Gasteiger partial charge in [0.05, 0.1) is 20.8 Å². The fourth-order valence-electron chi connectivity index (χ4n) is 2.52. The largest absolute Gasteiger partial charge is 0.493 e. The highest BCUT2D eigenvalue weighted by molar-refractivity contribution is 9.10. The van der Waals surface area contributed by atoms with E-state index >= 15 is 0 Å². The number of ether oxygens (including phenoxy) is 3. The van der Waals surface area contributed by atoms with E-state index in [1.54, 1.807) is 45.4 Å². The highest BCUT2D eigenvalue weighted by atomic mass is 79.9. The third kappa shape index (κ3) is 5.88. The molecule has 7 nitrogen and oxygen atoms in total. The second-order valence-corrected chi connectivity index (χ2v) is 6.59. The average Bonchev–Trinajstić information content (AvgIpc) is 2.69. The van der Waals surface area contributed by atoms with Crippen molar-refractivity contribution in [1.82, 2.24) is 5.32 Å². The Morgan fingerprint density at radius 3 is 2.46 bits per heavy atom. The van der Waals surface area contributed by atoms with Crippen LogP contribution in [0.1, 0.15) is 22.8 Å². The second kappa shape index (κ2) is 10.6. The Morgan fingerprint density at radius 1 is 1.07 bits per heavy atom. The van der Waals surface area contributed by atoms with Crippen LogP contribution in [0.3, 0.4) is 0 Å². The molecular formula is C20H23BrN2O5. The summed E-state index contributed by atoms with van der Waals surface area (Å²) in [6.45, 7) is 2.43. The second-order valence-electron chi connectivity index (χ2n) is 5.73. The third-order valence-electron chi connectivity index (χ3n) is 3.88. The maximum Gasteiger partial charge on any atom is 0.411 e. The van der Waals surface area contributed by atoms with Crippen molar-refractivity contribution in [2.75, 3.05) is 32.7 Å². The molecule has 0 radical (unpaired) electrons. The smallest absolute Gasteiger partial charge is 0.411 e. The van der Waals surface area contributed by atoms with Crippen molar-refractivity contribution in [3.8, 4) is 11.5 Å². The molecule has 0 bridgehead atoms. The van der Waals surface area contributed by atoms with Gasteiger partial charge in [-0.2, -0.15) is 0 Å². The van der Waals surface area contributed by atoms with Crippen LogP contribution < -0.4 is 20.1 Å². The average molecular weight is 451 g/mol. The monoisotopic (exact) mass is 450 g/mol. The lowest BCUT2D eigenvalue weighted by Gasteiger charge is -2.12. The topological polar surface area (TPSA) is 85.9 Å². The summed E-state index contributed by atoms with van der Waals surface area (Å²) in [4.78, 5) is 23.9. The summed E-state index contributed by atoms with van der Waals surface area (Å²) in [5.74, 6) is 1.03. The molecule has 0 aliphatic heterocycles. The van der Waals surface area contributed by atoms with E-state index < -0.39 is 6.09 Å². The van der Waals surface area contributed by atoms with Crippen LogP contribution in [0.5, 0.6) is 11.5 Å². The van der Waals surface area contributed by atoms with Crippen molar-refractivity contribution in [2.45, 2.75) is 13.3 Å². The number of anilines is 1. The van der Waals surface area contributed by atoms with E-state index in [0.717, 1.165) is 10.0 Å². The molecule has 0 spiro atoms. The maximum atomic E-state index is 12.4. The summed E-state index contributed by atoms with van der Waals surface area (Å²) >= 11 is 3.51. The van der Waals surface area contributed by atoms with Gasteiger partial charge in [-0.1, -0.05) is 22.0 Å². The number of methoxy groups -OCH3 is 2. The normalized spacial score (nSPS) is 10.1. The Kier molecular flexibility index (Phi) is 8.13. The molecule has 0 unspecified atom stereocenters. The molecule has 0 fully saturated rings. The van der Waals surface area contributed by atoms with E-state index in [9.17, 15) is 9.59 Å². The zero-order valence-corrected chi connectivity index (χ0v) is 17.6. The standard InChI is InChI=1S/C20H23BrN2O5/c1-4-28-20(25)23-15-7-5-6-14(10-15)19(24)22-9-8-13-11-17(26-2)18(27-3)12-16(13)21/h5-7,10-12H,4,8-9H2,1-3H3,(H,22,24)(H,23,25). The van der Waals surface area contributed by atoms with E-state index in [1.807, 2.05) is 12.1 Å². The van der Waals surface area contributed by atoms with Gasteiger partial charge >= 0.3 is 6.09 Å². The lowest BCUT2D eigenvalue weighted by atomic mass is 10.1. The van der Waals surface area contributed by atoms with E-state index in [4.69, 9.17) is 14.2 Å². The molecule has 2 aromatic rings. The van der Waals surface area contributed by atoms with E-state index in [1.165, 1.54) is 0 Å². The Hall–Kier alpha value is -2.74. The first-order chi connectivity index (χ1) is 13.5. The molecule has 0 aliphatic rings. The van der Waals surface area contributed by atoms with E-state index in [0.29, 0.717) is 35.7 Å². The molecule has 28 heavy (non-hydrogen) atoms. The number of amides is 2. The summed E-state index contributed by atoms with van der Waals surface area (Å²) < 4.78 is 16.3. The fraction of sp³-hybridized carbons (Fsp3) is 0.300. The molecule has 2 rings (SSSR count). The predicted molar refractivity (Wildman–Crippen MR) is 110 cm³/mol. The Labute approximate surface area is 172 Å². The van der Waals surface area contributed by atoms with Gasteiger partial charge in [0.15, 0.2) is 11.5 Å². The number of rotatable bonds is 8. The summed E-state index contributed by atoms with van der Waals surface area (Å²) in [6.07, 6.45) is 0.0475. The van der Waals surface area contributed by atoms with Crippen molar-refractivity contribution < 1.29 is 23.8 Å². The van der Waals surface area contributed by atoms with Crippen LogP contribution >= 0.6 is 15.9 Å². The SMILES string of the molecule is CCOC(=O)Nc1cccc(C(=O)NCCc2cc(OC)c(OC)cc2Br)c1. The van der Waals surface area contributed by atoms with Crippen molar-refractivity contribution in [1.29, 1.82) is 0 Å². The van der Waals surface area contributed by atoms with Crippen molar-refractivity contribution in [3.63, 3.8) is 0 Å². The lowest BCUT2D eigenvalue weighted by molar-refractivity contribution is 0.0954. The summed E-state index contributed by atoms with van der Waals surface area (Å²) in [7, 11) is 3.16. The van der Waals surface area contributed by atoms with E-state index in [2.05, 4.69) is 26.6 Å². The minimum absolute atomic E-state index is 0.232. The highest BCUT2D eigenvalue weighted by Gasteiger charge is 2.11. The fourth-order valence-corrected chi connectivity index (χ4v) is 3.04. The molecule has 0 aromatic heterocycles. The van der Waals surface area contributed by atoms with Crippen molar-refractivity contribution in [2.24, 2.45) is 0 Å². The predicted octanol–water partition coefficient (Wildman–Crippen LogP) is 4.01. The maximum absolute atomic E-state index is 12.4. The van der Waals surface area contributed by atoms with Crippen LogP contribution in [0.2, 0.25) is 0 Å². The van der Waals surface area contributed by atoms with Gasteiger partial charge in [-0.15, -0.1) is 0 Å². The molecule has 2 aromatic carbocycles. The third-order valence-corrected chi connectivity index (χ3v) is 4.62. The Bertz CT molecular complexity index is 841. The number of carbonyl (C=O) groups is 2. The molecule has 0 heterocycles. The number of halogens is 1. The number of benzene rings is 2. The lowest BCUT2D eigenvalue weighted by Crippen LogP contribution is -2.26. The van der Waals surface area contributed by atoms with Crippen molar-refractivity contribution in [3.05, 3.63) is 52.0 Å². The van der Waals surface area contributed by atoms with Gasteiger partial charge in [0.2, 0.25) is 0 Å². The molecule has 2 N–H and O–H groups in total. The van der Waals surface area contributed by atoms with Crippen LogP contribution in [0, 0.1) is 0 Å². The van der Waals surface area contributed by atoms with Crippen LogP contribution in [0.25, 0.3) is 0 Å². The van der Waals surface area contributed by atoms with Crippen LogP contribution in [-0.4, -0.2) is 39.4 Å². The molecule has 0 saturated carbocycles. The van der Waals surface area contributed by atoms with Gasteiger partial charge in [0.25, 0.3) is 5.91 Å². The first-order valence-electron chi connectivity index (χ1n) is 8.71. The number of carbonyl (C=O) groups excluding carboxylic acids is 2. The van der Waals surface area contributed by atoms with Gasteiger partial charge in [-0.3, -0.25) is 10.1 Å². The van der Waals surface area contributed by atoms with Gasteiger partial charge in [0, 0.05) is 22.3 Å². The first-order valence-corrected chi connectivity index (χ1v) is 9.50. The first kappa shape index (κ1) is 21.6. The molecule has 0 saturated heterocycles. The van der Waals surface area contributed by atoms with Gasteiger partial charge in [-0.25, -0.2) is 4.79 Å². The van der Waals surface area contributed by atoms with E-state index in [-0.39, 0.29) is 12.5 Å².